The fraction of sp³-hybridized carbons (Fsp3) is 0. The molecule has 1 aromatic heterocycles. The predicted molar refractivity (Wildman–Crippen MR) is 72.8 cm³/mol. The predicted octanol–water partition coefficient (Wildman–Crippen LogP) is 2.10. The first kappa shape index (κ1) is 11.2. The van der Waals surface area contributed by atoms with E-state index in [9.17, 15) is 0 Å². The summed E-state index contributed by atoms with van der Waals surface area (Å²) in [5, 5.41) is 11.6. The van der Waals surface area contributed by atoms with E-state index < -0.39 is 0 Å². The molecule has 2 aromatic carbocycles. The molecule has 0 amide bonds. The van der Waals surface area contributed by atoms with Crippen LogP contribution in [0.15, 0.2) is 60.7 Å². The second kappa shape index (κ2) is 5.18. The maximum atomic E-state index is 3.95. The lowest BCUT2D eigenvalue weighted by molar-refractivity contribution is 0.791. The minimum atomic E-state index is 0.523. The Bertz CT molecular complexity index is 635. The molecule has 6 nitrogen and oxygen atoms in total. The van der Waals surface area contributed by atoms with Crippen LogP contribution in [0.1, 0.15) is 0 Å². The second-order valence-corrected chi connectivity index (χ2v) is 3.87. The molecule has 0 radical (unpaired) electrons. The smallest absolute Gasteiger partial charge is 0.266 e. The first-order valence-electron chi connectivity index (χ1n) is 5.84. The summed E-state index contributed by atoms with van der Waals surface area (Å²) in [6.45, 7) is 0. The molecule has 0 aliphatic rings. The molecule has 6 heteroatoms. The van der Waals surface area contributed by atoms with E-state index in [0.717, 1.165) is 11.4 Å². The van der Waals surface area contributed by atoms with Gasteiger partial charge in [0, 0.05) is 0 Å². The number of benzene rings is 2. The van der Waals surface area contributed by atoms with E-state index in [4.69, 9.17) is 0 Å². The van der Waals surface area contributed by atoms with Crippen molar-refractivity contribution in [1.82, 2.24) is 20.2 Å². The van der Waals surface area contributed by atoms with Gasteiger partial charge in [-0.15, -0.1) is 0 Å². The van der Waals surface area contributed by atoms with Crippen LogP contribution in [0, 0.1) is 0 Å². The lowest BCUT2D eigenvalue weighted by Crippen LogP contribution is -2.13. The van der Waals surface area contributed by atoms with E-state index in [2.05, 4.69) is 26.4 Å². The zero-order valence-corrected chi connectivity index (χ0v) is 10.1. The van der Waals surface area contributed by atoms with Crippen LogP contribution >= 0.6 is 0 Å². The molecule has 0 aliphatic heterocycles. The van der Waals surface area contributed by atoms with Gasteiger partial charge >= 0.3 is 0 Å². The van der Waals surface area contributed by atoms with Crippen molar-refractivity contribution < 1.29 is 0 Å². The van der Waals surface area contributed by atoms with Gasteiger partial charge in [0.15, 0.2) is 0 Å². The summed E-state index contributed by atoms with van der Waals surface area (Å²) in [6.07, 6.45) is 0. The Morgan fingerprint density at radius 1 is 0.789 bits per heavy atom. The van der Waals surface area contributed by atoms with Gasteiger partial charge in [-0.05, 0) is 34.7 Å². The molecule has 19 heavy (non-hydrogen) atoms. The number of hydrogen-bond donors (Lipinski definition) is 2. The SMILES string of the molecule is c1ccc(NNc2nnnn2-c2ccccc2)cc1. The summed E-state index contributed by atoms with van der Waals surface area (Å²) in [4.78, 5) is 0. The minimum absolute atomic E-state index is 0.523. The van der Waals surface area contributed by atoms with Gasteiger partial charge < -0.3 is 0 Å². The van der Waals surface area contributed by atoms with Crippen molar-refractivity contribution in [3.63, 3.8) is 0 Å². The molecule has 94 valence electrons. The molecule has 2 N–H and O–H groups in total. The first-order chi connectivity index (χ1) is 9.43. The van der Waals surface area contributed by atoms with Gasteiger partial charge in [-0.25, -0.2) is 0 Å². The van der Waals surface area contributed by atoms with E-state index in [1.54, 1.807) is 4.68 Å². The van der Waals surface area contributed by atoms with E-state index in [1.165, 1.54) is 0 Å². The number of nitrogens with zero attached hydrogens (tertiary/aromatic N) is 4. The number of anilines is 2. The molecule has 0 saturated heterocycles. The summed E-state index contributed by atoms with van der Waals surface area (Å²) < 4.78 is 1.62. The van der Waals surface area contributed by atoms with E-state index in [-0.39, 0.29) is 0 Å². The Balaban J connectivity index is 1.78. The van der Waals surface area contributed by atoms with Crippen LogP contribution < -0.4 is 10.9 Å². The summed E-state index contributed by atoms with van der Waals surface area (Å²) in [5.74, 6) is 0.523. The third-order valence-electron chi connectivity index (χ3n) is 2.56. The highest BCUT2D eigenvalue weighted by atomic mass is 15.6. The average Bonchev–Trinajstić information content (AvgIpc) is 2.95. The Hall–Kier alpha value is -2.89. The van der Waals surface area contributed by atoms with Gasteiger partial charge in [0.1, 0.15) is 0 Å². The second-order valence-electron chi connectivity index (χ2n) is 3.87. The highest BCUT2D eigenvalue weighted by Gasteiger charge is 2.06. The molecule has 0 aliphatic carbocycles. The molecule has 1 heterocycles. The van der Waals surface area contributed by atoms with E-state index in [0.29, 0.717) is 5.95 Å². The van der Waals surface area contributed by atoms with Gasteiger partial charge in [0.2, 0.25) is 0 Å². The molecule has 0 fully saturated rings. The van der Waals surface area contributed by atoms with Crippen molar-refractivity contribution >= 4 is 11.6 Å². The summed E-state index contributed by atoms with van der Waals surface area (Å²) >= 11 is 0. The number of tetrazole rings is 1. The zero-order valence-electron chi connectivity index (χ0n) is 10.1. The number of aromatic nitrogens is 4. The maximum absolute atomic E-state index is 3.95. The summed E-state index contributed by atoms with van der Waals surface area (Å²) in [7, 11) is 0. The van der Waals surface area contributed by atoms with Gasteiger partial charge in [0.05, 0.1) is 11.4 Å². The summed E-state index contributed by atoms with van der Waals surface area (Å²) in [5.41, 5.74) is 7.86. The number of para-hydroxylation sites is 2. The monoisotopic (exact) mass is 252 g/mol. The molecular weight excluding hydrogens is 240 g/mol. The van der Waals surface area contributed by atoms with Gasteiger partial charge in [0.25, 0.3) is 5.95 Å². The molecule has 0 atom stereocenters. The lowest BCUT2D eigenvalue weighted by Gasteiger charge is -2.09. The number of nitrogens with one attached hydrogen (secondary N) is 2. The van der Waals surface area contributed by atoms with Crippen LogP contribution in [0.5, 0.6) is 0 Å². The first-order valence-corrected chi connectivity index (χ1v) is 5.84. The van der Waals surface area contributed by atoms with Crippen molar-refractivity contribution in [3.05, 3.63) is 60.7 Å². The highest BCUT2D eigenvalue weighted by Crippen LogP contribution is 2.11. The van der Waals surface area contributed by atoms with Crippen LogP contribution in [0.4, 0.5) is 11.6 Å². The summed E-state index contributed by atoms with van der Waals surface area (Å²) in [6, 6.07) is 19.4. The third kappa shape index (κ3) is 2.52. The maximum Gasteiger partial charge on any atom is 0.266 e. The van der Waals surface area contributed by atoms with Crippen molar-refractivity contribution in [3.8, 4) is 5.69 Å². The Morgan fingerprint density at radius 2 is 1.47 bits per heavy atom. The largest absolute Gasteiger partial charge is 0.298 e. The van der Waals surface area contributed by atoms with Crippen molar-refractivity contribution in [1.29, 1.82) is 0 Å². The molecule has 3 rings (SSSR count). The minimum Gasteiger partial charge on any atom is -0.298 e. The fourth-order valence-electron chi connectivity index (χ4n) is 1.66. The Kier molecular flexibility index (Phi) is 3.05. The van der Waals surface area contributed by atoms with Crippen LogP contribution in [0.3, 0.4) is 0 Å². The van der Waals surface area contributed by atoms with Gasteiger partial charge in [-0.3, -0.25) is 10.9 Å². The molecule has 0 spiro atoms. The van der Waals surface area contributed by atoms with Crippen LogP contribution in [0.2, 0.25) is 0 Å². The standard InChI is InChI=1S/C13H12N6/c1-3-7-11(8-4-1)14-15-13-16-17-18-19(13)12-9-5-2-6-10-12/h1-10,14H,(H,15,16,18). The molecular formula is C13H12N6. The highest BCUT2D eigenvalue weighted by molar-refractivity contribution is 5.48. The Labute approximate surface area is 110 Å². The van der Waals surface area contributed by atoms with E-state index in [1.807, 2.05) is 60.7 Å². The van der Waals surface area contributed by atoms with Gasteiger partial charge in [-0.1, -0.05) is 41.5 Å². The van der Waals surface area contributed by atoms with Gasteiger partial charge in [-0.2, -0.15) is 4.68 Å². The topological polar surface area (TPSA) is 67.7 Å². The van der Waals surface area contributed by atoms with Crippen LogP contribution in [-0.4, -0.2) is 20.2 Å². The molecule has 0 bridgehead atoms. The van der Waals surface area contributed by atoms with Crippen molar-refractivity contribution in [2.45, 2.75) is 0 Å². The molecule has 3 aromatic rings. The Morgan fingerprint density at radius 3 is 2.21 bits per heavy atom. The van der Waals surface area contributed by atoms with E-state index >= 15 is 0 Å². The van der Waals surface area contributed by atoms with Crippen LogP contribution in [-0.2, 0) is 0 Å². The zero-order chi connectivity index (χ0) is 12.9. The fourth-order valence-corrected chi connectivity index (χ4v) is 1.66. The number of hydrazine groups is 1. The average molecular weight is 252 g/mol. The lowest BCUT2D eigenvalue weighted by atomic mass is 10.3. The third-order valence-corrected chi connectivity index (χ3v) is 2.56. The quantitative estimate of drug-likeness (QED) is 0.696. The number of hydrogen-bond acceptors (Lipinski definition) is 5. The molecule has 0 saturated carbocycles. The normalized spacial score (nSPS) is 10.1. The van der Waals surface area contributed by atoms with Crippen molar-refractivity contribution in [2.75, 3.05) is 10.9 Å². The van der Waals surface area contributed by atoms with Crippen molar-refractivity contribution in [2.24, 2.45) is 0 Å². The molecule has 0 unspecified atom stereocenters. The number of rotatable bonds is 4. The van der Waals surface area contributed by atoms with Crippen LogP contribution in [0.25, 0.3) is 5.69 Å².